The van der Waals surface area contributed by atoms with E-state index in [1.54, 1.807) is 7.11 Å². The summed E-state index contributed by atoms with van der Waals surface area (Å²) in [5, 5.41) is 33.1. The van der Waals surface area contributed by atoms with Gasteiger partial charge >= 0.3 is 5.97 Å². The van der Waals surface area contributed by atoms with E-state index in [-0.39, 0.29) is 52.5 Å². The molecule has 3 aliphatic heterocycles. The number of esters is 1. The second-order valence-electron chi connectivity index (χ2n) is 19.0. The van der Waals surface area contributed by atoms with Crippen molar-refractivity contribution in [3.05, 3.63) is 0 Å². The van der Waals surface area contributed by atoms with Gasteiger partial charge in [0.1, 0.15) is 24.4 Å². The standard InChI is InChI=1S/C38H60O10/c1-19-26-21(47-38(43-9)29(19)48-33(5,6)31(38)42)16-35(8)24-11-10-23-32(3,4)25(12-13-36(23)18-37(24,36)15-14-34(26,35)7)46-30-28(41)27(40)22(17-44-30)45-20(2)39/h19,21-31,40-42H,10-18H2,1-9H3/t19-,21-,22-,23+,24+,25-,26+,27+,28-,29+,30+,31+,34-,35+,36-,37+,38+/m1/s1. The fourth-order valence-electron chi connectivity index (χ4n) is 14.5. The fourth-order valence-corrected chi connectivity index (χ4v) is 14.5. The van der Waals surface area contributed by atoms with E-state index in [1.165, 1.54) is 32.6 Å². The maximum atomic E-state index is 11.5. The topological polar surface area (TPSA) is 133 Å². The van der Waals surface area contributed by atoms with E-state index in [4.69, 9.17) is 28.4 Å². The summed E-state index contributed by atoms with van der Waals surface area (Å²) in [6.07, 6.45) is 3.27. The van der Waals surface area contributed by atoms with Crippen LogP contribution in [0, 0.1) is 50.7 Å². The van der Waals surface area contributed by atoms with Crippen LogP contribution in [0.3, 0.4) is 0 Å². The van der Waals surface area contributed by atoms with Gasteiger partial charge in [0.15, 0.2) is 12.4 Å². The maximum Gasteiger partial charge on any atom is 0.303 e. The lowest BCUT2D eigenvalue weighted by Crippen LogP contribution is -2.63. The normalized spacial score (nSPS) is 58.8. The molecule has 48 heavy (non-hydrogen) atoms. The van der Waals surface area contributed by atoms with Gasteiger partial charge in [0.05, 0.1) is 24.4 Å². The Kier molecular flexibility index (Phi) is 7.41. The van der Waals surface area contributed by atoms with Crippen molar-refractivity contribution in [2.45, 2.75) is 167 Å². The third kappa shape index (κ3) is 4.01. The molecule has 8 aliphatic rings. The van der Waals surface area contributed by atoms with Crippen molar-refractivity contribution in [1.82, 2.24) is 0 Å². The molecule has 0 bridgehead atoms. The summed E-state index contributed by atoms with van der Waals surface area (Å²) in [5.41, 5.74) is -0.0915. The molecule has 0 amide bonds. The zero-order chi connectivity index (χ0) is 34.6. The molecule has 272 valence electrons. The van der Waals surface area contributed by atoms with Crippen LogP contribution in [0.25, 0.3) is 0 Å². The molecule has 3 heterocycles. The van der Waals surface area contributed by atoms with Crippen LogP contribution in [0.4, 0.5) is 0 Å². The van der Waals surface area contributed by atoms with Gasteiger partial charge in [-0.05, 0) is 116 Å². The van der Waals surface area contributed by atoms with Crippen LogP contribution in [-0.2, 0) is 33.2 Å². The lowest BCUT2D eigenvalue weighted by molar-refractivity contribution is -0.337. The molecule has 2 spiro atoms. The number of carbonyl (C=O) groups excluding carboxylic acids is 1. The summed E-state index contributed by atoms with van der Waals surface area (Å²) in [6.45, 7) is 17.3. The molecule has 0 unspecified atom stereocenters. The van der Waals surface area contributed by atoms with Gasteiger partial charge in [0.2, 0.25) is 5.79 Å². The maximum absolute atomic E-state index is 11.5. The monoisotopic (exact) mass is 676 g/mol. The van der Waals surface area contributed by atoms with Crippen molar-refractivity contribution in [1.29, 1.82) is 0 Å². The Hall–Kier alpha value is -0.850. The predicted molar refractivity (Wildman–Crippen MR) is 173 cm³/mol. The van der Waals surface area contributed by atoms with Crippen molar-refractivity contribution in [2.24, 2.45) is 50.7 Å². The third-order valence-corrected chi connectivity index (χ3v) is 16.7. The van der Waals surface area contributed by atoms with Crippen LogP contribution >= 0.6 is 0 Å². The van der Waals surface area contributed by atoms with Gasteiger partial charge in [-0.25, -0.2) is 0 Å². The number of ether oxygens (including phenoxy) is 6. The molecule has 10 nitrogen and oxygen atoms in total. The van der Waals surface area contributed by atoms with Crippen LogP contribution in [0.5, 0.6) is 0 Å². The molecule has 8 rings (SSSR count). The molecular formula is C38H60O10. The fraction of sp³-hybridized carbons (Fsp3) is 0.974. The molecule has 10 heteroatoms. The minimum Gasteiger partial charge on any atom is -0.457 e. The molecule has 3 saturated heterocycles. The van der Waals surface area contributed by atoms with E-state index in [2.05, 4.69) is 34.6 Å². The van der Waals surface area contributed by atoms with Crippen LogP contribution in [0.1, 0.15) is 107 Å². The Labute approximate surface area is 285 Å². The first-order valence-corrected chi connectivity index (χ1v) is 18.7. The molecule has 8 fully saturated rings. The summed E-state index contributed by atoms with van der Waals surface area (Å²) in [4.78, 5) is 11.5. The van der Waals surface area contributed by atoms with Gasteiger partial charge in [-0.1, -0.05) is 34.6 Å². The Morgan fingerprint density at radius 1 is 0.854 bits per heavy atom. The average Bonchev–Trinajstić information content (AvgIpc) is 3.55. The predicted octanol–water partition coefficient (Wildman–Crippen LogP) is 4.35. The number of carbonyl (C=O) groups is 1. The van der Waals surface area contributed by atoms with E-state index in [0.29, 0.717) is 23.2 Å². The highest BCUT2D eigenvalue weighted by Gasteiger charge is 2.84. The van der Waals surface area contributed by atoms with Crippen molar-refractivity contribution >= 4 is 5.97 Å². The minimum absolute atomic E-state index is 0.00938. The third-order valence-electron chi connectivity index (χ3n) is 16.7. The highest BCUT2D eigenvalue weighted by Crippen LogP contribution is 2.89. The second kappa shape index (κ2) is 10.4. The van der Waals surface area contributed by atoms with E-state index in [9.17, 15) is 20.1 Å². The molecule has 3 N–H and O–H groups in total. The lowest BCUT2D eigenvalue weighted by atomic mass is 9.41. The molecular weight excluding hydrogens is 616 g/mol. The molecule has 0 radical (unpaired) electrons. The van der Waals surface area contributed by atoms with E-state index in [1.807, 2.05) is 13.8 Å². The lowest BCUT2D eigenvalue weighted by Gasteiger charge is -2.63. The number of hydrogen-bond acceptors (Lipinski definition) is 10. The Bertz CT molecular complexity index is 1340. The first kappa shape index (κ1) is 34.2. The molecule has 5 saturated carbocycles. The Morgan fingerprint density at radius 3 is 2.23 bits per heavy atom. The van der Waals surface area contributed by atoms with Gasteiger partial charge in [-0.3, -0.25) is 4.79 Å². The van der Waals surface area contributed by atoms with Crippen LogP contribution in [0.15, 0.2) is 0 Å². The molecule has 0 aromatic carbocycles. The summed E-state index contributed by atoms with van der Waals surface area (Å²) in [7, 11) is 1.66. The molecule has 0 aromatic heterocycles. The quantitative estimate of drug-likeness (QED) is 0.292. The van der Waals surface area contributed by atoms with Gasteiger partial charge in [0.25, 0.3) is 0 Å². The SMILES string of the molecule is CO[C@]12O[C@@H]3C[C@@]4(C)[C@@H]5CC[C@H]6C(C)(C)[C@H](O[C@@H]7OC[C@@H](OC(C)=O)[C@H](O)[C@H]7O)CC[C@@]67C[C@@]57CC[C@]4(C)[C@H]3[C@@H](C)[C@@H]1OC(C)(C)[C@@H]2O. The molecule has 17 atom stereocenters. The van der Waals surface area contributed by atoms with Crippen molar-refractivity contribution in [2.75, 3.05) is 13.7 Å². The summed E-state index contributed by atoms with van der Waals surface area (Å²) >= 11 is 0. The zero-order valence-corrected chi connectivity index (χ0v) is 30.5. The number of hydrogen-bond donors (Lipinski definition) is 3. The first-order valence-electron chi connectivity index (χ1n) is 18.7. The number of fused-ring (bicyclic) bond motifs is 5. The van der Waals surface area contributed by atoms with Crippen LogP contribution < -0.4 is 0 Å². The molecule has 5 aliphatic carbocycles. The van der Waals surface area contributed by atoms with Gasteiger partial charge in [-0.2, -0.15) is 0 Å². The smallest absolute Gasteiger partial charge is 0.303 e. The summed E-state index contributed by atoms with van der Waals surface area (Å²) in [6, 6.07) is 0. The van der Waals surface area contributed by atoms with Crippen molar-refractivity contribution in [3.63, 3.8) is 0 Å². The minimum atomic E-state index is -1.29. The van der Waals surface area contributed by atoms with Crippen LogP contribution in [-0.4, -0.2) is 95.4 Å². The zero-order valence-electron chi connectivity index (χ0n) is 30.5. The van der Waals surface area contributed by atoms with E-state index >= 15 is 0 Å². The van der Waals surface area contributed by atoms with Crippen molar-refractivity contribution < 1.29 is 48.5 Å². The number of aliphatic hydroxyl groups excluding tert-OH is 3. The second-order valence-corrected chi connectivity index (χ2v) is 19.0. The van der Waals surface area contributed by atoms with Gasteiger partial charge < -0.3 is 43.7 Å². The number of rotatable bonds is 4. The average molecular weight is 677 g/mol. The Morgan fingerprint density at radius 2 is 1.54 bits per heavy atom. The largest absolute Gasteiger partial charge is 0.457 e. The Balaban J connectivity index is 1.03. The molecule has 0 aromatic rings. The van der Waals surface area contributed by atoms with Gasteiger partial charge in [-0.15, -0.1) is 0 Å². The highest BCUT2D eigenvalue weighted by molar-refractivity contribution is 5.66. The first-order chi connectivity index (χ1) is 22.4. The van der Waals surface area contributed by atoms with E-state index in [0.717, 1.165) is 25.7 Å². The number of methoxy groups -OCH3 is 1. The van der Waals surface area contributed by atoms with E-state index < -0.39 is 48.1 Å². The van der Waals surface area contributed by atoms with Crippen LogP contribution in [0.2, 0.25) is 0 Å². The summed E-state index contributed by atoms with van der Waals surface area (Å²) < 4.78 is 37.3. The van der Waals surface area contributed by atoms with Gasteiger partial charge in [0, 0.05) is 14.0 Å². The highest BCUT2D eigenvalue weighted by atomic mass is 16.7. The summed E-state index contributed by atoms with van der Waals surface area (Å²) in [5.74, 6) is -0.0384. The van der Waals surface area contributed by atoms with Crippen molar-refractivity contribution in [3.8, 4) is 0 Å². The number of aliphatic hydroxyl groups is 3.